The summed E-state index contributed by atoms with van der Waals surface area (Å²) in [7, 11) is 1.76. The number of hydrogen-bond donors (Lipinski definition) is 0. The molecule has 2 aliphatic rings. The standard InChI is InChI=1S/C24H31ClN2O4/c1-24(2,3)31-23(29)26(4)15-17-9-11-27(12-10-17)22(28)8-5-18-13-19-14-20(25)6-7-21(19)30-16-18/h5-8,13-14,17H,9-12,15-16H2,1-4H3/b8-5+. The van der Waals surface area contributed by atoms with E-state index in [4.69, 9.17) is 21.1 Å². The number of carbonyl (C=O) groups is 2. The molecule has 1 aromatic carbocycles. The van der Waals surface area contributed by atoms with E-state index in [0.29, 0.717) is 37.2 Å². The maximum atomic E-state index is 12.6. The quantitative estimate of drug-likeness (QED) is 0.624. The first-order valence-electron chi connectivity index (χ1n) is 10.6. The van der Waals surface area contributed by atoms with Crippen LogP contribution in [-0.2, 0) is 9.53 Å². The zero-order chi connectivity index (χ0) is 22.6. The normalized spacial score (nSPS) is 17.1. The molecule has 0 N–H and O–H groups in total. The molecular formula is C24H31ClN2O4. The Hall–Kier alpha value is -2.47. The van der Waals surface area contributed by atoms with Crippen LogP contribution in [-0.4, -0.2) is 60.7 Å². The molecule has 6 nitrogen and oxygen atoms in total. The summed E-state index contributed by atoms with van der Waals surface area (Å²) in [5.41, 5.74) is 1.35. The minimum atomic E-state index is -0.499. The molecule has 0 atom stereocenters. The van der Waals surface area contributed by atoms with Gasteiger partial charge in [-0.2, -0.15) is 0 Å². The molecule has 7 heteroatoms. The van der Waals surface area contributed by atoms with Crippen LogP contribution in [0.5, 0.6) is 5.75 Å². The summed E-state index contributed by atoms with van der Waals surface area (Å²) in [5.74, 6) is 1.16. The van der Waals surface area contributed by atoms with Crippen molar-refractivity contribution in [3.05, 3.63) is 46.5 Å². The summed E-state index contributed by atoms with van der Waals surface area (Å²) in [4.78, 5) is 28.2. The molecule has 31 heavy (non-hydrogen) atoms. The van der Waals surface area contributed by atoms with E-state index in [1.165, 1.54) is 0 Å². The molecule has 0 saturated carbocycles. The lowest BCUT2D eigenvalue weighted by Gasteiger charge is -2.34. The number of fused-ring (bicyclic) bond motifs is 1. The smallest absolute Gasteiger partial charge is 0.410 e. The molecule has 0 radical (unpaired) electrons. The fraction of sp³-hybridized carbons (Fsp3) is 0.500. The fourth-order valence-corrected chi connectivity index (χ4v) is 3.86. The number of ether oxygens (including phenoxy) is 2. The first-order chi connectivity index (χ1) is 14.6. The van der Waals surface area contributed by atoms with E-state index in [2.05, 4.69) is 0 Å². The van der Waals surface area contributed by atoms with Gasteiger partial charge < -0.3 is 19.3 Å². The van der Waals surface area contributed by atoms with Crippen LogP contribution in [0.15, 0.2) is 35.9 Å². The average molecular weight is 447 g/mol. The summed E-state index contributed by atoms with van der Waals surface area (Å²) >= 11 is 6.05. The molecule has 1 aromatic rings. The van der Waals surface area contributed by atoms with Gasteiger partial charge in [0, 0.05) is 43.3 Å². The molecule has 0 unspecified atom stereocenters. The molecule has 0 aromatic heterocycles. The van der Waals surface area contributed by atoms with Gasteiger partial charge in [-0.05, 0) is 69.4 Å². The monoisotopic (exact) mass is 446 g/mol. The second-order valence-corrected chi connectivity index (χ2v) is 9.59. The molecule has 1 saturated heterocycles. The summed E-state index contributed by atoms with van der Waals surface area (Å²) in [5, 5.41) is 0.653. The molecule has 2 heterocycles. The number of nitrogens with zero attached hydrogens (tertiary/aromatic N) is 2. The van der Waals surface area contributed by atoms with Crippen LogP contribution < -0.4 is 4.74 Å². The summed E-state index contributed by atoms with van der Waals surface area (Å²) in [6, 6.07) is 5.50. The Morgan fingerprint density at radius 3 is 2.68 bits per heavy atom. The average Bonchev–Trinajstić information content (AvgIpc) is 2.71. The maximum absolute atomic E-state index is 12.6. The highest BCUT2D eigenvalue weighted by Crippen LogP contribution is 2.29. The maximum Gasteiger partial charge on any atom is 0.410 e. The van der Waals surface area contributed by atoms with Gasteiger partial charge in [-0.1, -0.05) is 17.7 Å². The second-order valence-electron chi connectivity index (χ2n) is 9.15. The lowest BCUT2D eigenvalue weighted by molar-refractivity contribution is -0.127. The van der Waals surface area contributed by atoms with Gasteiger partial charge in [0.2, 0.25) is 5.91 Å². The van der Waals surface area contributed by atoms with Gasteiger partial charge in [-0.25, -0.2) is 4.79 Å². The number of benzene rings is 1. The Morgan fingerprint density at radius 1 is 1.29 bits per heavy atom. The molecule has 0 spiro atoms. The highest BCUT2D eigenvalue weighted by atomic mass is 35.5. The summed E-state index contributed by atoms with van der Waals surface area (Å²) in [6.45, 7) is 8.02. The number of rotatable bonds is 4. The third-order valence-electron chi connectivity index (χ3n) is 5.31. The SMILES string of the molecule is CN(CC1CCN(C(=O)/C=C/C2=Cc3cc(Cl)ccc3OC2)CC1)C(=O)OC(C)(C)C. The number of hydrogen-bond acceptors (Lipinski definition) is 4. The van der Waals surface area contributed by atoms with Crippen LogP contribution in [0.3, 0.4) is 0 Å². The largest absolute Gasteiger partial charge is 0.488 e. The van der Waals surface area contributed by atoms with E-state index in [1.807, 2.05) is 50.0 Å². The lowest BCUT2D eigenvalue weighted by Crippen LogP contribution is -2.42. The Bertz CT molecular complexity index is 880. The predicted molar refractivity (Wildman–Crippen MR) is 122 cm³/mol. The van der Waals surface area contributed by atoms with Crippen LogP contribution in [0.25, 0.3) is 6.08 Å². The Morgan fingerprint density at radius 2 is 2.00 bits per heavy atom. The van der Waals surface area contributed by atoms with Gasteiger partial charge in [0.25, 0.3) is 0 Å². The van der Waals surface area contributed by atoms with Crippen LogP contribution in [0.1, 0.15) is 39.2 Å². The third kappa shape index (κ3) is 6.76. The molecule has 2 amide bonds. The van der Waals surface area contributed by atoms with Crippen molar-refractivity contribution < 1.29 is 19.1 Å². The number of amides is 2. The topological polar surface area (TPSA) is 59.1 Å². The van der Waals surface area contributed by atoms with Gasteiger partial charge in [-0.3, -0.25) is 4.79 Å². The first-order valence-corrected chi connectivity index (χ1v) is 11.0. The van der Waals surface area contributed by atoms with Crippen molar-refractivity contribution in [1.82, 2.24) is 9.80 Å². The van der Waals surface area contributed by atoms with Crippen LogP contribution >= 0.6 is 11.6 Å². The summed E-state index contributed by atoms with van der Waals surface area (Å²) < 4.78 is 11.1. The molecule has 3 rings (SSSR count). The number of piperidine rings is 1. The van der Waals surface area contributed by atoms with Crippen molar-refractivity contribution in [2.45, 2.75) is 39.2 Å². The minimum Gasteiger partial charge on any atom is -0.488 e. The Balaban J connectivity index is 1.48. The van der Waals surface area contributed by atoms with E-state index >= 15 is 0 Å². The van der Waals surface area contributed by atoms with Crippen LogP contribution in [0.2, 0.25) is 5.02 Å². The molecule has 168 valence electrons. The van der Waals surface area contributed by atoms with Crippen molar-refractivity contribution in [3.63, 3.8) is 0 Å². The van der Waals surface area contributed by atoms with E-state index in [-0.39, 0.29) is 12.0 Å². The number of likely N-dealkylation sites (tertiary alicyclic amines) is 1. The predicted octanol–water partition coefficient (Wildman–Crippen LogP) is 4.78. The first kappa shape index (κ1) is 23.2. The van der Waals surface area contributed by atoms with Gasteiger partial charge in [0.15, 0.2) is 0 Å². The van der Waals surface area contributed by atoms with Crippen LogP contribution in [0.4, 0.5) is 4.79 Å². The third-order valence-corrected chi connectivity index (χ3v) is 5.55. The summed E-state index contributed by atoms with van der Waals surface area (Å²) in [6.07, 6.45) is 6.84. The highest BCUT2D eigenvalue weighted by molar-refractivity contribution is 6.30. The van der Waals surface area contributed by atoms with Crippen LogP contribution in [0, 0.1) is 5.92 Å². The Labute approximate surface area is 189 Å². The van der Waals surface area contributed by atoms with E-state index < -0.39 is 5.60 Å². The zero-order valence-corrected chi connectivity index (χ0v) is 19.4. The van der Waals surface area contributed by atoms with Gasteiger partial charge in [0.05, 0.1) is 0 Å². The molecule has 0 aliphatic carbocycles. The van der Waals surface area contributed by atoms with Crippen molar-refractivity contribution >= 4 is 29.7 Å². The number of carbonyl (C=O) groups excluding carboxylic acids is 2. The fourth-order valence-electron chi connectivity index (χ4n) is 3.68. The van der Waals surface area contributed by atoms with Gasteiger partial charge in [0.1, 0.15) is 18.0 Å². The molecule has 0 bridgehead atoms. The van der Waals surface area contributed by atoms with E-state index in [1.54, 1.807) is 24.1 Å². The van der Waals surface area contributed by atoms with Crippen molar-refractivity contribution in [2.75, 3.05) is 33.3 Å². The molecule has 1 fully saturated rings. The van der Waals surface area contributed by atoms with Gasteiger partial charge >= 0.3 is 6.09 Å². The van der Waals surface area contributed by atoms with Crippen molar-refractivity contribution in [2.24, 2.45) is 5.92 Å². The van der Waals surface area contributed by atoms with E-state index in [0.717, 1.165) is 29.7 Å². The van der Waals surface area contributed by atoms with Crippen molar-refractivity contribution in [3.8, 4) is 5.75 Å². The lowest BCUT2D eigenvalue weighted by atomic mass is 9.96. The molecular weight excluding hydrogens is 416 g/mol. The Kier molecular flexibility index (Phi) is 7.31. The molecule has 2 aliphatic heterocycles. The van der Waals surface area contributed by atoms with E-state index in [9.17, 15) is 9.59 Å². The second kappa shape index (κ2) is 9.77. The zero-order valence-electron chi connectivity index (χ0n) is 18.7. The van der Waals surface area contributed by atoms with Gasteiger partial charge in [-0.15, -0.1) is 0 Å². The highest BCUT2D eigenvalue weighted by Gasteiger charge is 2.26. The minimum absolute atomic E-state index is 0.00302. The number of halogens is 1. The van der Waals surface area contributed by atoms with Crippen molar-refractivity contribution in [1.29, 1.82) is 0 Å².